The number of fused-ring (bicyclic) bond motifs is 1. The topological polar surface area (TPSA) is 67.0 Å². The van der Waals surface area contributed by atoms with Gasteiger partial charge in [-0.3, -0.25) is 9.89 Å². The fourth-order valence-corrected chi connectivity index (χ4v) is 1.36. The van der Waals surface area contributed by atoms with Crippen LogP contribution in [0.25, 0.3) is 10.9 Å². The molecular formula is C10H11N3O2. The summed E-state index contributed by atoms with van der Waals surface area (Å²) in [5.74, 6) is -0.241. The first kappa shape index (κ1) is 9.67. The number of aromatic nitrogens is 2. The standard InChI is InChI=1S/C10H11N3O2/c1-15-6-11-10(14)9-7-4-2-3-5-8(7)12-13-9/h2-5H,6H2,1H3,(H,11,14)(H,12,13). The van der Waals surface area contributed by atoms with Crippen LogP contribution in [0.5, 0.6) is 0 Å². The Bertz CT molecular complexity index is 478. The number of benzene rings is 1. The van der Waals surface area contributed by atoms with Gasteiger partial charge in [-0.1, -0.05) is 18.2 Å². The second kappa shape index (κ2) is 4.10. The van der Waals surface area contributed by atoms with Crippen LogP contribution in [0, 0.1) is 0 Å². The van der Waals surface area contributed by atoms with Crippen LogP contribution < -0.4 is 5.32 Å². The van der Waals surface area contributed by atoms with Crippen molar-refractivity contribution in [3.05, 3.63) is 30.0 Å². The van der Waals surface area contributed by atoms with Crippen molar-refractivity contribution in [1.29, 1.82) is 0 Å². The molecule has 0 spiro atoms. The molecule has 5 heteroatoms. The molecule has 0 radical (unpaired) electrons. The van der Waals surface area contributed by atoms with Gasteiger partial charge in [0.05, 0.1) is 5.52 Å². The van der Waals surface area contributed by atoms with Gasteiger partial charge in [-0.2, -0.15) is 5.10 Å². The van der Waals surface area contributed by atoms with Crippen LogP contribution in [-0.2, 0) is 4.74 Å². The van der Waals surface area contributed by atoms with Crippen molar-refractivity contribution in [2.75, 3.05) is 13.8 Å². The Morgan fingerprint density at radius 3 is 3.13 bits per heavy atom. The summed E-state index contributed by atoms with van der Waals surface area (Å²) in [7, 11) is 1.52. The number of nitrogens with zero attached hydrogens (tertiary/aromatic N) is 1. The van der Waals surface area contributed by atoms with Gasteiger partial charge >= 0.3 is 0 Å². The van der Waals surface area contributed by atoms with Gasteiger partial charge in [0, 0.05) is 12.5 Å². The van der Waals surface area contributed by atoms with Crippen molar-refractivity contribution < 1.29 is 9.53 Å². The number of methoxy groups -OCH3 is 1. The van der Waals surface area contributed by atoms with Gasteiger partial charge in [0.2, 0.25) is 0 Å². The minimum absolute atomic E-state index is 0.181. The first-order chi connectivity index (χ1) is 7.33. The highest BCUT2D eigenvalue weighted by atomic mass is 16.5. The first-order valence-electron chi connectivity index (χ1n) is 4.53. The van der Waals surface area contributed by atoms with Gasteiger partial charge in [0.25, 0.3) is 5.91 Å². The fraction of sp³-hybridized carbons (Fsp3) is 0.200. The van der Waals surface area contributed by atoms with E-state index in [9.17, 15) is 4.79 Å². The van der Waals surface area contributed by atoms with E-state index in [4.69, 9.17) is 4.74 Å². The van der Waals surface area contributed by atoms with Crippen molar-refractivity contribution in [2.45, 2.75) is 0 Å². The Labute approximate surface area is 86.4 Å². The molecular weight excluding hydrogens is 194 g/mol. The molecule has 1 amide bonds. The number of hydrogen-bond acceptors (Lipinski definition) is 3. The van der Waals surface area contributed by atoms with Gasteiger partial charge < -0.3 is 10.1 Å². The molecule has 2 aromatic rings. The Morgan fingerprint density at radius 1 is 1.53 bits per heavy atom. The van der Waals surface area contributed by atoms with E-state index in [0.717, 1.165) is 10.9 Å². The Kier molecular flexibility index (Phi) is 2.64. The van der Waals surface area contributed by atoms with Crippen molar-refractivity contribution in [3.8, 4) is 0 Å². The third kappa shape index (κ3) is 1.82. The lowest BCUT2D eigenvalue weighted by Gasteiger charge is -2.00. The lowest BCUT2D eigenvalue weighted by Crippen LogP contribution is -2.25. The van der Waals surface area contributed by atoms with Crippen molar-refractivity contribution in [3.63, 3.8) is 0 Å². The van der Waals surface area contributed by atoms with Crippen LogP contribution in [0.15, 0.2) is 24.3 Å². The Morgan fingerprint density at radius 2 is 2.33 bits per heavy atom. The zero-order valence-corrected chi connectivity index (χ0v) is 8.28. The van der Waals surface area contributed by atoms with E-state index in [1.54, 1.807) is 0 Å². The summed E-state index contributed by atoms with van der Waals surface area (Å²) in [5.41, 5.74) is 1.24. The van der Waals surface area contributed by atoms with Gasteiger partial charge in [0.1, 0.15) is 6.73 Å². The van der Waals surface area contributed by atoms with Crippen LogP contribution in [0.3, 0.4) is 0 Å². The van der Waals surface area contributed by atoms with Gasteiger partial charge in [-0.25, -0.2) is 0 Å². The summed E-state index contributed by atoms with van der Waals surface area (Å²) in [6, 6.07) is 7.47. The number of carbonyl (C=O) groups excluding carboxylic acids is 1. The number of ether oxygens (including phenoxy) is 1. The smallest absolute Gasteiger partial charge is 0.274 e. The summed E-state index contributed by atoms with van der Waals surface area (Å²) in [6.07, 6.45) is 0. The molecule has 15 heavy (non-hydrogen) atoms. The number of aromatic amines is 1. The highest BCUT2D eigenvalue weighted by molar-refractivity contribution is 6.04. The molecule has 2 N–H and O–H groups in total. The van der Waals surface area contributed by atoms with Crippen LogP contribution in [0.1, 0.15) is 10.5 Å². The zero-order valence-electron chi connectivity index (χ0n) is 8.28. The molecule has 0 fully saturated rings. The second-order valence-corrected chi connectivity index (χ2v) is 3.06. The summed E-state index contributed by atoms with van der Waals surface area (Å²) in [4.78, 5) is 11.6. The van der Waals surface area contributed by atoms with E-state index in [1.165, 1.54) is 7.11 Å². The summed E-state index contributed by atoms with van der Waals surface area (Å²) in [6.45, 7) is 0.181. The number of amides is 1. The molecule has 1 heterocycles. The largest absolute Gasteiger partial charge is 0.364 e. The molecule has 0 unspecified atom stereocenters. The molecule has 0 aliphatic rings. The van der Waals surface area contributed by atoms with Crippen molar-refractivity contribution in [2.24, 2.45) is 0 Å². The predicted molar refractivity (Wildman–Crippen MR) is 55.4 cm³/mol. The van der Waals surface area contributed by atoms with E-state index in [-0.39, 0.29) is 12.6 Å². The molecule has 2 rings (SSSR count). The predicted octanol–water partition coefficient (Wildman–Crippen LogP) is 0.897. The fourth-order valence-electron chi connectivity index (χ4n) is 1.36. The van der Waals surface area contributed by atoms with E-state index < -0.39 is 0 Å². The molecule has 1 aromatic heterocycles. The first-order valence-corrected chi connectivity index (χ1v) is 4.53. The van der Waals surface area contributed by atoms with E-state index in [1.807, 2.05) is 24.3 Å². The number of carbonyl (C=O) groups is 1. The Hall–Kier alpha value is -1.88. The number of para-hydroxylation sites is 1. The summed E-state index contributed by atoms with van der Waals surface area (Å²) >= 11 is 0. The van der Waals surface area contributed by atoms with Crippen LogP contribution >= 0.6 is 0 Å². The van der Waals surface area contributed by atoms with E-state index in [0.29, 0.717) is 5.69 Å². The SMILES string of the molecule is COCNC(=O)c1n[nH]c2ccccc12. The number of rotatable bonds is 3. The zero-order chi connectivity index (χ0) is 10.7. The third-order valence-electron chi connectivity index (χ3n) is 2.06. The third-order valence-corrected chi connectivity index (χ3v) is 2.06. The monoisotopic (exact) mass is 205 g/mol. The average molecular weight is 205 g/mol. The summed E-state index contributed by atoms with van der Waals surface area (Å²) < 4.78 is 4.75. The Balaban J connectivity index is 2.31. The maximum Gasteiger partial charge on any atom is 0.274 e. The van der Waals surface area contributed by atoms with Crippen LogP contribution in [-0.4, -0.2) is 29.9 Å². The highest BCUT2D eigenvalue weighted by Crippen LogP contribution is 2.14. The molecule has 0 saturated carbocycles. The van der Waals surface area contributed by atoms with Gasteiger partial charge in [-0.15, -0.1) is 0 Å². The molecule has 78 valence electrons. The minimum Gasteiger partial charge on any atom is -0.364 e. The van der Waals surface area contributed by atoms with Crippen LogP contribution in [0.4, 0.5) is 0 Å². The lowest BCUT2D eigenvalue weighted by molar-refractivity contribution is 0.0869. The molecule has 1 aromatic carbocycles. The van der Waals surface area contributed by atoms with Crippen LogP contribution in [0.2, 0.25) is 0 Å². The molecule has 0 atom stereocenters. The maximum absolute atomic E-state index is 11.6. The molecule has 0 aliphatic heterocycles. The van der Waals surface area contributed by atoms with Gasteiger partial charge in [0.15, 0.2) is 5.69 Å². The van der Waals surface area contributed by atoms with E-state index in [2.05, 4.69) is 15.5 Å². The lowest BCUT2D eigenvalue weighted by atomic mass is 10.2. The quantitative estimate of drug-likeness (QED) is 0.731. The number of H-pyrrole nitrogens is 1. The maximum atomic E-state index is 11.6. The molecule has 5 nitrogen and oxygen atoms in total. The second-order valence-electron chi connectivity index (χ2n) is 3.06. The normalized spacial score (nSPS) is 10.5. The average Bonchev–Trinajstić information content (AvgIpc) is 2.69. The highest BCUT2D eigenvalue weighted by Gasteiger charge is 2.12. The summed E-state index contributed by atoms with van der Waals surface area (Å²) in [5, 5.41) is 10.1. The van der Waals surface area contributed by atoms with Crippen molar-refractivity contribution >= 4 is 16.8 Å². The van der Waals surface area contributed by atoms with Gasteiger partial charge in [-0.05, 0) is 6.07 Å². The molecule has 0 bridgehead atoms. The minimum atomic E-state index is -0.241. The number of hydrogen-bond donors (Lipinski definition) is 2. The van der Waals surface area contributed by atoms with E-state index >= 15 is 0 Å². The number of nitrogens with one attached hydrogen (secondary N) is 2. The van der Waals surface area contributed by atoms with Crippen molar-refractivity contribution in [1.82, 2.24) is 15.5 Å². The molecule has 0 saturated heterocycles. The molecule has 0 aliphatic carbocycles.